The second-order valence-electron chi connectivity index (χ2n) is 29.6. The summed E-state index contributed by atoms with van der Waals surface area (Å²) in [5, 5.41) is 281. The number of carbonyl (C=O) groups excluding carboxylic acids is 4. The van der Waals surface area contributed by atoms with Crippen LogP contribution in [0, 0.1) is 0 Å². The summed E-state index contributed by atoms with van der Waals surface area (Å²) in [7, 11) is 0. The molecule has 0 aromatic carbocycles. The molecular formula is C67H108N6O45. The first-order chi connectivity index (χ1) is 56.1. The van der Waals surface area contributed by atoms with E-state index in [2.05, 4.69) is 31.6 Å². The molecule has 9 saturated heterocycles. The van der Waals surface area contributed by atoms with E-state index < -0.39 is 359 Å². The number of nitrogens with zero attached hydrogens (tertiary/aromatic N) is 1. The third-order valence-electron chi connectivity index (χ3n) is 21.3. The largest absolute Gasteiger partial charge is 0.394 e. The number of rotatable bonds is 31. The Balaban J connectivity index is 0.977. The maximum atomic E-state index is 13.2. The van der Waals surface area contributed by atoms with Gasteiger partial charge in [-0.3, -0.25) is 19.2 Å². The molecule has 118 heavy (non-hydrogen) atoms. The molecule has 51 heteroatoms. The fraction of sp³-hybridized carbons (Fsp3) is 0.866. The Morgan fingerprint density at radius 1 is 0.297 bits per heavy atom. The van der Waals surface area contributed by atoms with E-state index in [9.17, 15) is 142 Å². The molecule has 676 valence electrons. The average Bonchev–Trinajstić information content (AvgIpc) is 0.768. The summed E-state index contributed by atoms with van der Waals surface area (Å²) in [5.74, 6) is -3.31. The van der Waals surface area contributed by atoms with Crippen molar-refractivity contribution < 1.29 is 222 Å². The molecular weight excluding hydrogens is 1610 g/mol. The monoisotopic (exact) mass is 1720 g/mol. The quantitative estimate of drug-likeness (QED) is 0.0328. The summed E-state index contributed by atoms with van der Waals surface area (Å²) >= 11 is 0. The van der Waals surface area contributed by atoms with Crippen LogP contribution in [0.15, 0.2) is 24.4 Å². The van der Waals surface area contributed by atoms with Gasteiger partial charge >= 0.3 is 0 Å². The van der Waals surface area contributed by atoms with Gasteiger partial charge in [0.15, 0.2) is 56.5 Å². The summed E-state index contributed by atoms with van der Waals surface area (Å²) in [6, 6.07) is -2.48. The normalized spacial score (nSPS) is 47.0. The first kappa shape index (κ1) is 95.4. The first-order valence-electron chi connectivity index (χ1n) is 37.7. The highest BCUT2D eigenvalue weighted by Crippen LogP contribution is 2.40. The Morgan fingerprint density at radius 3 is 0.966 bits per heavy atom. The van der Waals surface area contributed by atoms with Crippen molar-refractivity contribution in [3.05, 3.63) is 24.4 Å². The summed E-state index contributed by atoms with van der Waals surface area (Å²) < 4.78 is 102. The highest BCUT2D eigenvalue weighted by atomic mass is 16.8. The van der Waals surface area contributed by atoms with Gasteiger partial charge in [-0.15, -0.1) is 0 Å². The predicted octanol–water partition coefficient (Wildman–Crippen LogP) is -18.5. The molecule has 10 rings (SSSR count). The maximum absolute atomic E-state index is 13.2. The van der Waals surface area contributed by atoms with E-state index in [1.807, 2.05) is 0 Å². The number of pyridine rings is 1. The molecule has 1 aromatic heterocycles. The Bertz CT molecular complexity index is 3310. The zero-order valence-electron chi connectivity index (χ0n) is 63.4. The summed E-state index contributed by atoms with van der Waals surface area (Å²) in [4.78, 5) is 55.9. The minimum Gasteiger partial charge on any atom is -0.394 e. The van der Waals surface area contributed by atoms with E-state index in [4.69, 9.17) is 80.5 Å². The van der Waals surface area contributed by atoms with E-state index in [1.165, 1.54) is 12.3 Å². The molecule has 9 aliphatic rings. The van der Waals surface area contributed by atoms with Crippen molar-refractivity contribution in [1.29, 1.82) is 0 Å². The highest BCUT2D eigenvalue weighted by molar-refractivity contribution is 5.74. The van der Waals surface area contributed by atoms with Gasteiger partial charge in [0.25, 0.3) is 0 Å². The lowest BCUT2D eigenvalue weighted by atomic mass is 9.93. The van der Waals surface area contributed by atoms with Gasteiger partial charge in [-0.05, 0) is 12.1 Å². The van der Waals surface area contributed by atoms with Crippen molar-refractivity contribution in [1.82, 2.24) is 26.3 Å². The maximum Gasteiger partial charge on any atom is 0.217 e. The van der Waals surface area contributed by atoms with Crippen LogP contribution in [0.1, 0.15) is 27.7 Å². The average molecular weight is 1720 g/mol. The van der Waals surface area contributed by atoms with E-state index in [0.717, 1.165) is 27.7 Å². The van der Waals surface area contributed by atoms with Crippen LogP contribution in [0.5, 0.6) is 0 Å². The number of amides is 4. The number of aliphatic hydroxyl groups is 24. The number of aromatic nitrogens is 1. The van der Waals surface area contributed by atoms with Crippen molar-refractivity contribution >= 4 is 29.4 Å². The SMILES string of the molecule is CC(=O)N[C@@H]1[C@@H](O)[C@H](O[C@@H]2O[C@H](CO)[C@@H](O[C@@H]3O[C@H](CO[C@H]4O[C@H](CO)[C@@H](O)[C@H](O)[C@@H]4O[C@@H]4O[C@H](CO)[C@@H](O[C@@H]5O[C@H](CO)[C@H](O)[C@H](O)[C@H]5O)[C@H](O)[C@H]4NC(C)=O)[C@@H](O)[C@H](O[C@H]4O[C@H](CO)[C@@H](O)[C@H](O)[C@@H]4O[C@@H]4O[C@H](CO)[C@@H](O[C@@H]5O[C@H](CO)[C@H](O)[C@H](O)[C@H]5O)[C@H](O)[C@H]4NC(C)=O)[C@@H]3O)[C@H](O)[C@H]2NC(C)=O)[C@@H](CO)O[C@H]1Nc1ccccn1. The number of ether oxygens (including phenoxy) is 17. The second kappa shape index (κ2) is 42.2. The van der Waals surface area contributed by atoms with E-state index in [-0.39, 0.29) is 5.82 Å². The Hall–Kier alpha value is -4.81. The Morgan fingerprint density at radius 2 is 0.593 bits per heavy atom. The number of hydrogen-bond donors (Lipinski definition) is 29. The first-order valence-corrected chi connectivity index (χ1v) is 37.7. The molecule has 9 aliphatic heterocycles. The van der Waals surface area contributed by atoms with Gasteiger partial charge in [0.1, 0.15) is 225 Å². The molecule has 0 bridgehead atoms. The fourth-order valence-electron chi connectivity index (χ4n) is 15.2. The van der Waals surface area contributed by atoms with Crippen LogP contribution in [0.3, 0.4) is 0 Å². The molecule has 51 nitrogen and oxygen atoms in total. The van der Waals surface area contributed by atoms with Crippen molar-refractivity contribution in [2.24, 2.45) is 0 Å². The van der Waals surface area contributed by atoms with Crippen LogP contribution in [-0.2, 0) is 99.7 Å². The second-order valence-corrected chi connectivity index (χ2v) is 29.6. The van der Waals surface area contributed by atoms with E-state index in [0.29, 0.717) is 0 Å². The van der Waals surface area contributed by atoms with Crippen LogP contribution in [0.4, 0.5) is 5.82 Å². The van der Waals surface area contributed by atoms with E-state index >= 15 is 0 Å². The molecule has 0 aliphatic carbocycles. The van der Waals surface area contributed by atoms with Crippen molar-refractivity contribution in [3.63, 3.8) is 0 Å². The van der Waals surface area contributed by atoms with Gasteiger partial charge in [0.05, 0.1) is 59.5 Å². The van der Waals surface area contributed by atoms with Crippen LogP contribution < -0.4 is 26.6 Å². The molecule has 9 fully saturated rings. The standard InChI is InChI=1S/C67H108N6O45/c1-18(82)69-32-41(91)52(26(13-78)103-59(32)73-31-7-5-6-8-68-31)112-60-33(70-19(2)83)42(92)55(29(16-81)108-60)115-65-51(101)56(116-67-58(48(98)39(89)25(12-77)107-67)118-62-35(72-21(4)85)44(94)54(28(15-80)110-62)114-64-50(100)46(96)37(87)23(10-75)105-64)40(90)30(111-65)17-102-66-57(47(97)38(88)24(11-76)106-66)117-61-34(71-20(3)84)43(93)53(27(14-79)109-61)113-63-49(99)45(95)36(86)22(9-74)104-63/h5-8,22-30,32-67,74-81,86-101H,9-17H2,1-4H3,(H,68,73)(H,69,82)(H,70,83)(H,71,84)(H,72,85)/t22-,23-,24-,25-,26-,27-,28-,29-,30-,32-,33-,34-,35-,36+,37+,38-,39-,40-,41-,42-,43-,44-,45+,46+,47+,48+,49-,50-,51+,52-,53-,54-,55-,56+,57+,58+,59-,60+,61+,62+,63+,64+,65+,66+,67-/m1/s1. The van der Waals surface area contributed by atoms with Gasteiger partial charge in [0, 0.05) is 33.9 Å². The molecule has 1 aromatic rings. The third-order valence-corrected chi connectivity index (χ3v) is 21.3. The number of carbonyl (C=O) groups is 4. The number of hydrogen-bond acceptors (Lipinski definition) is 47. The molecule has 4 amide bonds. The molecule has 0 spiro atoms. The Kier molecular flexibility index (Phi) is 34.2. The lowest BCUT2D eigenvalue weighted by molar-refractivity contribution is -0.398. The topological polar surface area (TPSA) is 784 Å². The van der Waals surface area contributed by atoms with Crippen LogP contribution in [0.25, 0.3) is 0 Å². The van der Waals surface area contributed by atoms with Crippen molar-refractivity contribution in [2.45, 2.75) is 304 Å². The van der Waals surface area contributed by atoms with Gasteiger partial charge in [-0.2, -0.15) is 0 Å². The number of nitrogens with one attached hydrogen (secondary N) is 5. The molecule has 0 saturated carbocycles. The van der Waals surface area contributed by atoms with Gasteiger partial charge in [0.2, 0.25) is 23.6 Å². The van der Waals surface area contributed by atoms with Gasteiger partial charge in [-0.25, -0.2) is 4.98 Å². The number of aliphatic hydroxyl groups excluding tert-OH is 24. The predicted molar refractivity (Wildman–Crippen MR) is 369 cm³/mol. The molecule has 45 atom stereocenters. The summed E-state index contributed by atoms with van der Waals surface area (Å²) in [5.41, 5.74) is 0. The fourth-order valence-corrected chi connectivity index (χ4v) is 15.2. The summed E-state index contributed by atoms with van der Waals surface area (Å²) in [6.07, 6.45) is -82.8. The van der Waals surface area contributed by atoms with Crippen molar-refractivity contribution in [3.8, 4) is 0 Å². The van der Waals surface area contributed by atoms with Gasteiger partial charge in [-0.1, -0.05) is 6.07 Å². The minimum atomic E-state index is -2.57. The van der Waals surface area contributed by atoms with Crippen LogP contribution in [0.2, 0.25) is 0 Å². The Labute approximate surface area is 669 Å². The number of anilines is 1. The van der Waals surface area contributed by atoms with Crippen molar-refractivity contribution in [2.75, 3.05) is 64.8 Å². The highest BCUT2D eigenvalue weighted by Gasteiger charge is 2.61. The van der Waals surface area contributed by atoms with Gasteiger partial charge < -0.3 is 230 Å². The minimum absolute atomic E-state index is 0.188. The molecule has 0 unspecified atom stereocenters. The third kappa shape index (κ3) is 21.2. The van der Waals surface area contributed by atoms with E-state index in [1.54, 1.807) is 12.1 Å². The molecule has 29 N–H and O–H groups in total. The zero-order valence-corrected chi connectivity index (χ0v) is 63.4. The smallest absolute Gasteiger partial charge is 0.217 e. The van der Waals surface area contributed by atoms with Crippen LogP contribution in [-0.4, -0.2) is 487 Å². The zero-order chi connectivity index (χ0) is 86.3. The summed E-state index contributed by atoms with van der Waals surface area (Å²) in [6.45, 7) is -5.79. The molecule has 10 heterocycles. The molecule has 0 radical (unpaired) electrons. The lowest BCUT2D eigenvalue weighted by Crippen LogP contribution is -2.71. The lowest BCUT2D eigenvalue weighted by Gasteiger charge is -2.51. The van der Waals surface area contributed by atoms with Crippen LogP contribution >= 0.6 is 0 Å².